The molecule has 1 aromatic heterocycles. The van der Waals surface area contributed by atoms with E-state index in [2.05, 4.69) is 20.6 Å². The molecule has 96 valence electrons. The molecule has 1 aromatic carbocycles. The summed E-state index contributed by atoms with van der Waals surface area (Å²) in [5.41, 5.74) is 1.84. The molecule has 2 aromatic rings. The standard InChI is InChI=1S/C13H18N4O/c1-8(2)14-12(18)9(3)15-13-16-10-6-4-5-7-11(10)17-13/h4-9H,1-3H3,(H,14,18)(H2,15,16,17). The number of aromatic nitrogens is 2. The van der Waals surface area contributed by atoms with Crippen LogP contribution in [0.5, 0.6) is 0 Å². The van der Waals surface area contributed by atoms with E-state index in [-0.39, 0.29) is 18.0 Å². The van der Waals surface area contributed by atoms with Crippen LogP contribution < -0.4 is 10.6 Å². The highest BCUT2D eigenvalue weighted by atomic mass is 16.2. The molecule has 0 fully saturated rings. The predicted molar refractivity (Wildman–Crippen MR) is 72.5 cm³/mol. The van der Waals surface area contributed by atoms with E-state index in [9.17, 15) is 4.79 Å². The van der Waals surface area contributed by atoms with Crippen molar-refractivity contribution < 1.29 is 4.79 Å². The molecule has 2 rings (SSSR count). The van der Waals surface area contributed by atoms with Crippen molar-refractivity contribution >= 4 is 22.9 Å². The van der Waals surface area contributed by atoms with E-state index in [1.54, 1.807) is 0 Å². The lowest BCUT2D eigenvalue weighted by atomic mass is 10.3. The first-order chi connectivity index (χ1) is 8.56. The average molecular weight is 246 g/mol. The van der Waals surface area contributed by atoms with Crippen molar-refractivity contribution in [3.8, 4) is 0 Å². The molecule has 18 heavy (non-hydrogen) atoms. The van der Waals surface area contributed by atoms with Gasteiger partial charge >= 0.3 is 0 Å². The Morgan fingerprint density at radius 3 is 2.67 bits per heavy atom. The van der Waals surface area contributed by atoms with Crippen molar-refractivity contribution in [1.82, 2.24) is 15.3 Å². The predicted octanol–water partition coefficient (Wildman–Crippen LogP) is 1.89. The van der Waals surface area contributed by atoms with Crippen LogP contribution in [0.25, 0.3) is 11.0 Å². The second-order valence-electron chi connectivity index (χ2n) is 4.63. The van der Waals surface area contributed by atoms with Crippen LogP contribution in [-0.2, 0) is 4.79 Å². The van der Waals surface area contributed by atoms with E-state index in [1.807, 2.05) is 45.0 Å². The summed E-state index contributed by atoms with van der Waals surface area (Å²) in [5.74, 6) is 0.577. The number of aromatic amines is 1. The molecule has 0 saturated carbocycles. The van der Waals surface area contributed by atoms with Crippen molar-refractivity contribution in [2.45, 2.75) is 32.9 Å². The van der Waals surface area contributed by atoms with Gasteiger partial charge in [0.25, 0.3) is 0 Å². The quantitative estimate of drug-likeness (QED) is 0.771. The zero-order valence-corrected chi connectivity index (χ0v) is 10.8. The van der Waals surface area contributed by atoms with Crippen LogP contribution in [0, 0.1) is 0 Å². The lowest BCUT2D eigenvalue weighted by molar-refractivity contribution is -0.122. The van der Waals surface area contributed by atoms with Crippen LogP contribution in [0.1, 0.15) is 20.8 Å². The highest BCUT2D eigenvalue weighted by Crippen LogP contribution is 2.13. The van der Waals surface area contributed by atoms with E-state index in [1.165, 1.54) is 0 Å². The third kappa shape index (κ3) is 2.80. The van der Waals surface area contributed by atoms with Gasteiger partial charge in [0, 0.05) is 6.04 Å². The lowest BCUT2D eigenvalue weighted by Crippen LogP contribution is -2.41. The first-order valence-electron chi connectivity index (χ1n) is 6.08. The SMILES string of the molecule is CC(C)NC(=O)C(C)Nc1nc2ccccc2[nH]1. The molecular weight excluding hydrogens is 228 g/mol. The molecule has 0 aliphatic heterocycles. The van der Waals surface area contributed by atoms with Gasteiger partial charge in [-0.2, -0.15) is 0 Å². The number of anilines is 1. The molecule has 0 radical (unpaired) electrons. The first kappa shape index (κ1) is 12.4. The number of benzene rings is 1. The first-order valence-corrected chi connectivity index (χ1v) is 6.08. The number of nitrogens with one attached hydrogen (secondary N) is 3. The monoisotopic (exact) mass is 246 g/mol. The van der Waals surface area contributed by atoms with Gasteiger partial charge in [0.1, 0.15) is 6.04 Å². The van der Waals surface area contributed by atoms with E-state index < -0.39 is 0 Å². The van der Waals surface area contributed by atoms with Gasteiger partial charge in [0.15, 0.2) is 0 Å². The zero-order chi connectivity index (χ0) is 13.1. The molecule has 0 bridgehead atoms. The van der Waals surface area contributed by atoms with Crippen LogP contribution >= 0.6 is 0 Å². The number of carbonyl (C=O) groups is 1. The second-order valence-corrected chi connectivity index (χ2v) is 4.63. The number of carbonyl (C=O) groups excluding carboxylic acids is 1. The third-order valence-corrected chi connectivity index (χ3v) is 2.57. The normalized spacial score (nSPS) is 12.7. The van der Waals surface area contributed by atoms with Gasteiger partial charge in [0.05, 0.1) is 11.0 Å². The Hall–Kier alpha value is -2.04. The molecule has 0 aliphatic rings. The zero-order valence-electron chi connectivity index (χ0n) is 10.8. The third-order valence-electron chi connectivity index (χ3n) is 2.57. The van der Waals surface area contributed by atoms with Crippen LogP contribution in [0.3, 0.4) is 0 Å². The Morgan fingerprint density at radius 2 is 2.00 bits per heavy atom. The highest BCUT2D eigenvalue weighted by molar-refractivity contribution is 5.84. The Balaban J connectivity index is 2.06. The van der Waals surface area contributed by atoms with Gasteiger partial charge in [-0.05, 0) is 32.9 Å². The summed E-state index contributed by atoms with van der Waals surface area (Å²) in [7, 11) is 0. The highest BCUT2D eigenvalue weighted by Gasteiger charge is 2.14. The molecule has 5 nitrogen and oxygen atoms in total. The lowest BCUT2D eigenvalue weighted by Gasteiger charge is -2.15. The Labute approximate surface area is 106 Å². The molecule has 1 amide bonds. The second kappa shape index (κ2) is 5.08. The van der Waals surface area contributed by atoms with Gasteiger partial charge in [-0.15, -0.1) is 0 Å². The number of H-pyrrole nitrogens is 1. The number of fused-ring (bicyclic) bond motifs is 1. The van der Waals surface area contributed by atoms with Crippen molar-refractivity contribution in [3.63, 3.8) is 0 Å². The Kier molecular flexibility index (Phi) is 3.50. The van der Waals surface area contributed by atoms with Gasteiger partial charge in [0.2, 0.25) is 11.9 Å². The van der Waals surface area contributed by atoms with Gasteiger partial charge < -0.3 is 15.6 Å². The summed E-state index contributed by atoms with van der Waals surface area (Å²) >= 11 is 0. The average Bonchev–Trinajstić information content (AvgIpc) is 2.69. The fourth-order valence-corrected chi connectivity index (χ4v) is 1.70. The molecule has 3 N–H and O–H groups in total. The van der Waals surface area contributed by atoms with Crippen LogP contribution in [0.2, 0.25) is 0 Å². The number of nitrogens with zero attached hydrogens (tertiary/aromatic N) is 1. The minimum Gasteiger partial charge on any atom is -0.352 e. The molecule has 0 aliphatic carbocycles. The molecule has 5 heteroatoms. The van der Waals surface area contributed by atoms with Crippen molar-refractivity contribution in [1.29, 1.82) is 0 Å². The summed E-state index contributed by atoms with van der Waals surface area (Å²) in [6.45, 7) is 5.68. The smallest absolute Gasteiger partial charge is 0.242 e. The number of rotatable bonds is 4. The van der Waals surface area contributed by atoms with Crippen LogP contribution in [-0.4, -0.2) is 28.0 Å². The fourth-order valence-electron chi connectivity index (χ4n) is 1.70. The fraction of sp³-hybridized carbons (Fsp3) is 0.385. The Bertz CT molecular complexity index is 514. The number of imidazole rings is 1. The van der Waals surface area contributed by atoms with Gasteiger partial charge in [-0.1, -0.05) is 12.1 Å². The summed E-state index contributed by atoms with van der Waals surface area (Å²) in [6, 6.07) is 7.56. The molecule has 1 heterocycles. The summed E-state index contributed by atoms with van der Waals surface area (Å²) in [5, 5.41) is 5.91. The maximum atomic E-state index is 11.8. The molecule has 1 atom stereocenters. The van der Waals surface area contributed by atoms with Crippen molar-refractivity contribution in [3.05, 3.63) is 24.3 Å². The summed E-state index contributed by atoms with van der Waals surface area (Å²) < 4.78 is 0. The van der Waals surface area contributed by atoms with Gasteiger partial charge in [-0.25, -0.2) is 4.98 Å². The number of hydrogen-bond acceptors (Lipinski definition) is 3. The number of hydrogen-bond donors (Lipinski definition) is 3. The number of para-hydroxylation sites is 2. The summed E-state index contributed by atoms with van der Waals surface area (Å²) in [6.07, 6.45) is 0. The summed E-state index contributed by atoms with van der Waals surface area (Å²) in [4.78, 5) is 19.3. The minimum atomic E-state index is -0.326. The van der Waals surface area contributed by atoms with E-state index in [0.717, 1.165) is 11.0 Å². The molecular formula is C13H18N4O. The molecule has 1 unspecified atom stereocenters. The van der Waals surface area contributed by atoms with Crippen LogP contribution in [0.15, 0.2) is 24.3 Å². The molecule has 0 saturated heterocycles. The van der Waals surface area contributed by atoms with E-state index in [0.29, 0.717) is 5.95 Å². The molecule has 0 spiro atoms. The van der Waals surface area contributed by atoms with Crippen molar-refractivity contribution in [2.24, 2.45) is 0 Å². The van der Waals surface area contributed by atoms with E-state index >= 15 is 0 Å². The van der Waals surface area contributed by atoms with Crippen molar-refractivity contribution in [2.75, 3.05) is 5.32 Å². The maximum absolute atomic E-state index is 11.8. The maximum Gasteiger partial charge on any atom is 0.242 e. The topological polar surface area (TPSA) is 69.8 Å². The Morgan fingerprint density at radius 1 is 1.28 bits per heavy atom. The van der Waals surface area contributed by atoms with Gasteiger partial charge in [-0.3, -0.25) is 4.79 Å². The van der Waals surface area contributed by atoms with E-state index in [4.69, 9.17) is 0 Å². The van der Waals surface area contributed by atoms with Crippen LogP contribution in [0.4, 0.5) is 5.95 Å². The largest absolute Gasteiger partial charge is 0.352 e. The number of amides is 1. The minimum absolute atomic E-state index is 0.0366.